The molecule has 0 saturated carbocycles. The number of hydrogen-bond donors (Lipinski definition) is 2. The van der Waals surface area contributed by atoms with Gasteiger partial charge in [-0.25, -0.2) is 14.4 Å². The molecule has 1 unspecified atom stereocenters. The number of nitrogens with zero attached hydrogens (tertiary/aromatic N) is 5. The van der Waals surface area contributed by atoms with Gasteiger partial charge in [0.25, 0.3) is 0 Å². The van der Waals surface area contributed by atoms with Gasteiger partial charge >= 0.3 is 0 Å². The molecule has 0 spiro atoms. The monoisotopic (exact) mass is 546 g/mol. The Kier molecular flexibility index (Phi) is 7.55. The second-order valence-electron chi connectivity index (χ2n) is 11.3. The van der Waals surface area contributed by atoms with Crippen LogP contribution >= 0.6 is 0 Å². The standard InChI is InChI=1S/C30H35FN6O3/c1-30(38,23-4-6-36(7-5-23)17-20-18-40-19-20)28-3-2-21-16-33-29(14-25(21)34-28)35-26-13-27(22(15-32)12-24(26)31)37-8-10-39-11-9-37/h2-3,12-14,16,20,23,38H,4-11,17-19H2,1H3,(H,33,35). The van der Waals surface area contributed by atoms with E-state index in [4.69, 9.17) is 14.5 Å². The number of piperidine rings is 1. The van der Waals surface area contributed by atoms with Crippen LogP contribution in [0.25, 0.3) is 10.9 Å². The molecule has 210 valence electrons. The molecular weight excluding hydrogens is 511 g/mol. The van der Waals surface area contributed by atoms with Gasteiger partial charge in [0, 0.05) is 43.2 Å². The highest BCUT2D eigenvalue weighted by Gasteiger charge is 2.38. The lowest BCUT2D eigenvalue weighted by atomic mass is 9.79. The summed E-state index contributed by atoms with van der Waals surface area (Å²) in [6, 6.07) is 10.6. The highest BCUT2D eigenvalue weighted by atomic mass is 19.1. The number of rotatable bonds is 7. The zero-order valence-corrected chi connectivity index (χ0v) is 22.8. The molecule has 40 heavy (non-hydrogen) atoms. The second kappa shape index (κ2) is 11.3. The van der Waals surface area contributed by atoms with E-state index in [0.717, 1.165) is 51.1 Å². The van der Waals surface area contributed by atoms with Gasteiger partial charge < -0.3 is 29.7 Å². The topological polar surface area (TPSA) is 107 Å². The van der Waals surface area contributed by atoms with Crippen LogP contribution in [0, 0.1) is 29.0 Å². The average molecular weight is 547 g/mol. The van der Waals surface area contributed by atoms with Crippen LogP contribution in [-0.2, 0) is 15.1 Å². The Morgan fingerprint density at radius 1 is 1.12 bits per heavy atom. The van der Waals surface area contributed by atoms with E-state index in [2.05, 4.69) is 21.3 Å². The van der Waals surface area contributed by atoms with Crippen molar-refractivity contribution < 1.29 is 19.0 Å². The summed E-state index contributed by atoms with van der Waals surface area (Å²) in [6.45, 7) is 8.96. The first-order valence-electron chi connectivity index (χ1n) is 14.0. The lowest BCUT2D eigenvalue weighted by molar-refractivity contribution is -0.0646. The zero-order chi connectivity index (χ0) is 27.7. The lowest BCUT2D eigenvalue weighted by Gasteiger charge is -2.41. The molecule has 1 atom stereocenters. The fourth-order valence-electron chi connectivity index (χ4n) is 5.96. The van der Waals surface area contributed by atoms with Crippen molar-refractivity contribution in [1.29, 1.82) is 5.26 Å². The maximum absolute atomic E-state index is 15.0. The fourth-order valence-corrected chi connectivity index (χ4v) is 5.96. The van der Waals surface area contributed by atoms with Crippen LogP contribution in [-0.4, -0.2) is 79.1 Å². The zero-order valence-electron chi connectivity index (χ0n) is 22.8. The summed E-state index contributed by atoms with van der Waals surface area (Å²) >= 11 is 0. The van der Waals surface area contributed by atoms with Crippen LogP contribution in [0.1, 0.15) is 31.0 Å². The number of pyridine rings is 2. The van der Waals surface area contributed by atoms with Crippen molar-refractivity contribution in [3.8, 4) is 6.07 Å². The van der Waals surface area contributed by atoms with E-state index in [9.17, 15) is 14.8 Å². The van der Waals surface area contributed by atoms with Crippen LogP contribution in [0.3, 0.4) is 0 Å². The predicted octanol–water partition coefficient (Wildman–Crippen LogP) is 3.79. The molecule has 3 aliphatic heterocycles. The molecule has 0 bridgehead atoms. The van der Waals surface area contributed by atoms with Crippen molar-refractivity contribution in [2.24, 2.45) is 11.8 Å². The Morgan fingerprint density at radius 2 is 1.90 bits per heavy atom. The first kappa shape index (κ1) is 26.8. The van der Waals surface area contributed by atoms with Crippen molar-refractivity contribution in [2.45, 2.75) is 25.4 Å². The summed E-state index contributed by atoms with van der Waals surface area (Å²) in [7, 11) is 0. The minimum Gasteiger partial charge on any atom is -0.384 e. The van der Waals surface area contributed by atoms with E-state index in [-0.39, 0.29) is 17.2 Å². The Bertz CT molecular complexity index is 1410. The highest BCUT2D eigenvalue weighted by molar-refractivity contribution is 5.81. The van der Waals surface area contributed by atoms with Gasteiger partial charge in [0.05, 0.1) is 54.6 Å². The van der Waals surface area contributed by atoms with E-state index in [1.807, 2.05) is 24.0 Å². The van der Waals surface area contributed by atoms with Gasteiger partial charge in [-0.05, 0) is 63.0 Å². The van der Waals surface area contributed by atoms with Crippen molar-refractivity contribution in [3.05, 3.63) is 53.6 Å². The Labute approximate surface area is 233 Å². The van der Waals surface area contributed by atoms with Crippen molar-refractivity contribution in [3.63, 3.8) is 0 Å². The second-order valence-corrected chi connectivity index (χ2v) is 11.3. The van der Waals surface area contributed by atoms with Crippen molar-refractivity contribution >= 4 is 28.1 Å². The van der Waals surface area contributed by atoms with E-state index in [1.165, 1.54) is 6.07 Å². The third-order valence-electron chi connectivity index (χ3n) is 8.52. The van der Waals surface area contributed by atoms with Crippen LogP contribution in [0.2, 0.25) is 0 Å². The minimum atomic E-state index is -1.07. The van der Waals surface area contributed by atoms with Gasteiger partial charge in [-0.15, -0.1) is 0 Å². The van der Waals surface area contributed by atoms with Gasteiger partial charge in [-0.1, -0.05) is 0 Å². The number of aliphatic hydroxyl groups is 1. The molecule has 2 N–H and O–H groups in total. The number of morpholine rings is 1. The summed E-state index contributed by atoms with van der Waals surface area (Å²) in [5, 5.41) is 25.1. The lowest BCUT2D eigenvalue weighted by Crippen LogP contribution is -2.46. The molecule has 5 heterocycles. The number of aromatic nitrogens is 2. The number of nitrogens with one attached hydrogen (secondary N) is 1. The number of ether oxygens (including phenoxy) is 2. The molecule has 3 aromatic rings. The molecule has 3 aliphatic rings. The van der Waals surface area contributed by atoms with Crippen LogP contribution in [0.5, 0.6) is 0 Å². The summed E-state index contributed by atoms with van der Waals surface area (Å²) in [5.74, 6) is 0.648. The average Bonchev–Trinajstić information content (AvgIpc) is 2.96. The van der Waals surface area contributed by atoms with Gasteiger partial charge in [-0.2, -0.15) is 5.26 Å². The number of nitriles is 1. The smallest absolute Gasteiger partial charge is 0.148 e. The molecule has 3 saturated heterocycles. The van der Waals surface area contributed by atoms with Crippen LogP contribution < -0.4 is 10.2 Å². The maximum Gasteiger partial charge on any atom is 0.148 e. The summed E-state index contributed by atoms with van der Waals surface area (Å²) in [5.41, 5.74) is 1.41. The molecule has 9 nitrogen and oxygen atoms in total. The largest absolute Gasteiger partial charge is 0.384 e. The molecule has 10 heteroatoms. The number of hydrogen-bond acceptors (Lipinski definition) is 9. The SMILES string of the molecule is CC(O)(c1ccc2cnc(Nc3cc(N4CCOCC4)c(C#N)cc3F)cc2n1)C1CCN(CC2COC2)CC1. The summed E-state index contributed by atoms with van der Waals surface area (Å²) in [4.78, 5) is 13.8. The third kappa shape index (κ3) is 5.47. The first-order valence-corrected chi connectivity index (χ1v) is 14.0. The normalized spacial score (nSPS) is 20.6. The van der Waals surface area contributed by atoms with Crippen molar-refractivity contribution in [2.75, 3.05) is 69.4 Å². The van der Waals surface area contributed by atoms with Crippen LogP contribution in [0.4, 0.5) is 21.6 Å². The molecule has 0 amide bonds. The quantitative estimate of drug-likeness (QED) is 0.458. The van der Waals surface area contributed by atoms with E-state index in [1.54, 1.807) is 18.3 Å². The summed E-state index contributed by atoms with van der Waals surface area (Å²) in [6.07, 6.45) is 3.51. The molecule has 2 aromatic heterocycles. The molecule has 3 fully saturated rings. The maximum atomic E-state index is 15.0. The Morgan fingerprint density at radius 3 is 2.60 bits per heavy atom. The minimum absolute atomic E-state index is 0.108. The number of anilines is 3. The molecular formula is C30H35FN6O3. The van der Waals surface area contributed by atoms with Gasteiger partial charge in [-0.3, -0.25) is 0 Å². The number of halogens is 1. The number of fused-ring (bicyclic) bond motifs is 1. The first-order chi connectivity index (χ1) is 19.4. The van der Waals surface area contributed by atoms with Gasteiger partial charge in [0.15, 0.2) is 0 Å². The number of benzene rings is 1. The summed E-state index contributed by atoms with van der Waals surface area (Å²) < 4.78 is 25.7. The Hall–Kier alpha value is -3.36. The Balaban J connectivity index is 1.20. The van der Waals surface area contributed by atoms with Gasteiger partial charge in [0.2, 0.25) is 0 Å². The number of likely N-dealkylation sites (tertiary alicyclic amines) is 1. The predicted molar refractivity (Wildman–Crippen MR) is 150 cm³/mol. The molecule has 0 radical (unpaired) electrons. The van der Waals surface area contributed by atoms with Crippen molar-refractivity contribution in [1.82, 2.24) is 14.9 Å². The molecule has 0 aliphatic carbocycles. The van der Waals surface area contributed by atoms with E-state index in [0.29, 0.717) is 54.9 Å². The molecule has 1 aromatic carbocycles. The highest BCUT2D eigenvalue weighted by Crippen LogP contribution is 2.37. The van der Waals surface area contributed by atoms with E-state index < -0.39 is 11.4 Å². The molecule has 6 rings (SSSR count). The fraction of sp³-hybridized carbons (Fsp3) is 0.500. The van der Waals surface area contributed by atoms with E-state index >= 15 is 0 Å². The van der Waals surface area contributed by atoms with Gasteiger partial charge in [0.1, 0.15) is 23.3 Å². The third-order valence-corrected chi connectivity index (χ3v) is 8.52. The van der Waals surface area contributed by atoms with Crippen LogP contribution in [0.15, 0.2) is 36.5 Å².